The van der Waals surface area contributed by atoms with Crippen LogP contribution in [0.25, 0.3) is 0 Å². The lowest BCUT2D eigenvalue weighted by Gasteiger charge is -2.31. The SMILES string of the molecule is COC(=O)C1CCCN(C(=O)c2cccc(C(N)=O)c2)C1. The van der Waals surface area contributed by atoms with Crippen LogP contribution in [0, 0.1) is 5.92 Å². The number of methoxy groups -OCH3 is 1. The number of nitrogens with zero attached hydrogens (tertiary/aromatic N) is 1. The van der Waals surface area contributed by atoms with Crippen molar-refractivity contribution < 1.29 is 19.1 Å². The van der Waals surface area contributed by atoms with Crippen LogP contribution in [0.2, 0.25) is 0 Å². The van der Waals surface area contributed by atoms with Gasteiger partial charge >= 0.3 is 5.97 Å². The number of rotatable bonds is 3. The molecule has 0 saturated carbocycles. The summed E-state index contributed by atoms with van der Waals surface area (Å²) in [7, 11) is 1.35. The lowest BCUT2D eigenvalue weighted by molar-refractivity contribution is -0.146. The molecule has 2 rings (SSSR count). The minimum Gasteiger partial charge on any atom is -0.469 e. The van der Waals surface area contributed by atoms with Crippen molar-refractivity contribution in [1.29, 1.82) is 0 Å². The molecular weight excluding hydrogens is 272 g/mol. The average Bonchev–Trinajstić information content (AvgIpc) is 2.53. The first-order valence-corrected chi connectivity index (χ1v) is 6.80. The van der Waals surface area contributed by atoms with E-state index in [0.29, 0.717) is 24.2 Å². The number of carbonyl (C=O) groups is 3. The number of piperidine rings is 1. The second kappa shape index (κ2) is 6.39. The van der Waals surface area contributed by atoms with Crippen LogP contribution >= 0.6 is 0 Å². The zero-order valence-corrected chi connectivity index (χ0v) is 11.9. The molecule has 2 N–H and O–H groups in total. The molecule has 0 aliphatic carbocycles. The first-order chi connectivity index (χ1) is 10.0. The van der Waals surface area contributed by atoms with Gasteiger partial charge in [0.2, 0.25) is 5.91 Å². The molecule has 21 heavy (non-hydrogen) atoms. The Labute approximate surface area is 122 Å². The molecule has 2 amide bonds. The molecule has 1 aliphatic rings. The Morgan fingerprint density at radius 1 is 1.29 bits per heavy atom. The van der Waals surface area contributed by atoms with E-state index in [1.54, 1.807) is 23.1 Å². The molecule has 0 bridgehead atoms. The lowest BCUT2D eigenvalue weighted by Crippen LogP contribution is -2.42. The van der Waals surface area contributed by atoms with Crippen molar-refractivity contribution in [1.82, 2.24) is 4.90 Å². The maximum absolute atomic E-state index is 12.5. The maximum atomic E-state index is 12.5. The van der Waals surface area contributed by atoms with Gasteiger partial charge in [0.1, 0.15) is 0 Å². The summed E-state index contributed by atoms with van der Waals surface area (Å²) in [6.07, 6.45) is 1.47. The number of ether oxygens (including phenoxy) is 1. The van der Waals surface area contributed by atoms with Gasteiger partial charge in [-0.15, -0.1) is 0 Å². The summed E-state index contributed by atoms with van der Waals surface area (Å²) in [5.41, 5.74) is 5.91. The van der Waals surface area contributed by atoms with Gasteiger partial charge in [-0.1, -0.05) is 6.07 Å². The third kappa shape index (κ3) is 3.39. The van der Waals surface area contributed by atoms with Gasteiger partial charge in [0.25, 0.3) is 5.91 Å². The number of hydrogen-bond donors (Lipinski definition) is 1. The van der Waals surface area contributed by atoms with Crippen molar-refractivity contribution in [3.05, 3.63) is 35.4 Å². The smallest absolute Gasteiger partial charge is 0.310 e. The molecule has 1 atom stereocenters. The summed E-state index contributed by atoms with van der Waals surface area (Å²) in [4.78, 5) is 36.8. The quantitative estimate of drug-likeness (QED) is 0.834. The van der Waals surface area contributed by atoms with E-state index in [0.717, 1.165) is 12.8 Å². The van der Waals surface area contributed by atoms with Crippen LogP contribution in [0.15, 0.2) is 24.3 Å². The van der Waals surface area contributed by atoms with Crippen LogP contribution < -0.4 is 5.73 Å². The van der Waals surface area contributed by atoms with Crippen LogP contribution in [-0.2, 0) is 9.53 Å². The number of amides is 2. The Hall–Kier alpha value is -2.37. The van der Waals surface area contributed by atoms with E-state index in [2.05, 4.69) is 0 Å². The van der Waals surface area contributed by atoms with Crippen LogP contribution in [0.4, 0.5) is 0 Å². The van der Waals surface area contributed by atoms with Crippen molar-refractivity contribution in [2.24, 2.45) is 11.7 Å². The molecule has 0 spiro atoms. The van der Waals surface area contributed by atoms with Crippen molar-refractivity contribution in [3.8, 4) is 0 Å². The molecule has 1 heterocycles. The molecule has 1 saturated heterocycles. The van der Waals surface area contributed by atoms with Crippen LogP contribution in [-0.4, -0.2) is 42.9 Å². The number of likely N-dealkylation sites (tertiary alicyclic amines) is 1. The van der Waals surface area contributed by atoms with Crippen molar-refractivity contribution in [3.63, 3.8) is 0 Å². The number of benzene rings is 1. The number of carbonyl (C=O) groups excluding carboxylic acids is 3. The molecular formula is C15H18N2O4. The lowest BCUT2D eigenvalue weighted by atomic mass is 9.97. The van der Waals surface area contributed by atoms with Crippen LogP contribution in [0.5, 0.6) is 0 Å². The van der Waals surface area contributed by atoms with E-state index >= 15 is 0 Å². The molecule has 1 aliphatic heterocycles. The maximum Gasteiger partial charge on any atom is 0.310 e. The summed E-state index contributed by atoms with van der Waals surface area (Å²) in [5.74, 6) is -1.35. The molecule has 0 aromatic heterocycles. The molecule has 6 nitrogen and oxygen atoms in total. The second-order valence-corrected chi connectivity index (χ2v) is 5.06. The van der Waals surface area contributed by atoms with Gasteiger partial charge in [0, 0.05) is 24.2 Å². The van der Waals surface area contributed by atoms with E-state index in [-0.39, 0.29) is 17.8 Å². The van der Waals surface area contributed by atoms with Gasteiger partial charge in [-0.2, -0.15) is 0 Å². The van der Waals surface area contributed by atoms with Gasteiger partial charge < -0.3 is 15.4 Å². The number of primary amides is 1. The van der Waals surface area contributed by atoms with Gasteiger partial charge in [-0.05, 0) is 31.0 Å². The third-order valence-corrected chi connectivity index (χ3v) is 3.64. The minimum atomic E-state index is -0.573. The molecule has 1 aromatic carbocycles. The molecule has 0 radical (unpaired) electrons. The highest BCUT2D eigenvalue weighted by Crippen LogP contribution is 2.20. The molecule has 1 unspecified atom stereocenters. The van der Waals surface area contributed by atoms with E-state index < -0.39 is 5.91 Å². The van der Waals surface area contributed by atoms with Gasteiger partial charge in [-0.25, -0.2) is 0 Å². The number of hydrogen-bond acceptors (Lipinski definition) is 4. The fraction of sp³-hybridized carbons (Fsp3) is 0.400. The Morgan fingerprint density at radius 2 is 2.00 bits per heavy atom. The molecule has 112 valence electrons. The van der Waals surface area contributed by atoms with Crippen molar-refractivity contribution in [2.75, 3.05) is 20.2 Å². The first kappa shape index (κ1) is 15.0. The van der Waals surface area contributed by atoms with E-state index in [1.807, 2.05) is 0 Å². The fourth-order valence-electron chi connectivity index (χ4n) is 2.51. The monoisotopic (exact) mass is 290 g/mol. The Kier molecular flexibility index (Phi) is 4.57. The predicted molar refractivity (Wildman–Crippen MR) is 75.6 cm³/mol. The van der Waals surface area contributed by atoms with Gasteiger partial charge in [0.05, 0.1) is 13.0 Å². The Morgan fingerprint density at radius 3 is 2.67 bits per heavy atom. The average molecular weight is 290 g/mol. The first-order valence-electron chi connectivity index (χ1n) is 6.80. The Bertz CT molecular complexity index is 571. The summed E-state index contributed by atoms with van der Waals surface area (Å²) in [6.45, 7) is 0.930. The van der Waals surface area contributed by atoms with Crippen LogP contribution in [0.1, 0.15) is 33.6 Å². The van der Waals surface area contributed by atoms with E-state index in [1.165, 1.54) is 13.2 Å². The number of esters is 1. The largest absolute Gasteiger partial charge is 0.469 e. The zero-order valence-electron chi connectivity index (χ0n) is 11.9. The predicted octanol–water partition coefficient (Wildman–Crippen LogP) is 0.811. The number of nitrogens with two attached hydrogens (primary N) is 1. The highest BCUT2D eigenvalue weighted by Gasteiger charge is 2.29. The normalized spacial score (nSPS) is 18.1. The van der Waals surface area contributed by atoms with Crippen LogP contribution in [0.3, 0.4) is 0 Å². The molecule has 1 aromatic rings. The fourth-order valence-corrected chi connectivity index (χ4v) is 2.51. The van der Waals surface area contributed by atoms with Gasteiger partial charge in [0.15, 0.2) is 0 Å². The Balaban J connectivity index is 2.14. The third-order valence-electron chi connectivity index (χ3n) is 3.64. The zero-order chi connectivity index (χ0) is 15.4. The van der Waals surface area contributed by atoms with Crippen molar-refractivity contribution in [2.45, 2.75) is 12.8 Å². The standard InChI is InChI=1S/C15H18N2O4/c1-21-15(20)12-6-3-7-17(9-12)14(19)11-5-2-4-10(8-11)13(16)18/h2,4-5,8,12H,3,6-7,9H2,1H3,(H2,16,18). The van der Waals surface area contributed by atoms with E-state index in [4.69, 9.17) is 10.5 Å². The second-order valence-electron chi connectivity index (χ2n) is 5.06. The molecule has 1 fully saturated rings. The van der Waals surface area contributed by atoms with Gasteiger partial charge in [-0.3, -0.25) is 14.4 Å². The minimum absolute atomic E-state index is 0.202. The summed E-state index contributed by atoms with van der Waals surface area (Å²) in [5, 5.41) is 0. The summed E-state index contributed by atoms with van der Waals surface area (Å²) >= 11 is 0. The summed E-state index contributed by atoms with van der Waals surface area (Å²) < 4.78 is 4.74. The van der Waals surface area contributed by atoms with Crippen molar-refractivity contribution >= 4 is 17.8 Å². The highest BCUT2D eigenvalue weighted by atomic mass is 16.5. The topological polar surface area (TPSA) is 89.7 Å². The van der Waals surface area contributed by atoms with E-state index in [9.17, 15) is 14.4 Å². The highest BCUT2D eigenvalue weighted by molar-refractivity contribution is 5.99. The summed E-state index contributed by atoms with van der Waals surface area (Å²) in [6, 6.07) is 6.30. The molecule has 6 heteroatoms.